The van der Waals surface area contributed by atoms with Crippen LogP contribution in [0.4, 0.5) is 0 Å². The third kappa shape index (κ3) is 5.65. The van der Waals surface area contributed by atoms with Gasteiger partial charge in [0.2, 0.25) is 10.0 Å². The quantitative estimate of drug-likeness (QED) is 0.745. The lowest BCUT2D eigenvalue weighted by molar-refractivity contribution is 0.379. The third-order valence-corrected chi connectivity index (χ3v) is 6.89. The van der Waals surface area contributed by atoms with E-state index in [1.807, 2.05) is 30.3 Å². The molecule has 0 aliphatic heterocycles. The first-order chi connectivity index (χ1) is 12.1. The molecule has 0 aliphatic rings. The highest BCUT2D eigenvalue weighted by Gasteiger charge is 2.21. The van der Waals surface area contributed by atoms with Crippen molar-refractivity contribution >= 4 is 19.9 Å². The molecule has 0 saturated heterocycles. The highest BCUT2D eigenvalue weighted by Crippen LogP contribution is 2.19. The molecule has 0 unspecified atom stereocenters. The second kappa shape index (κ2) is 8.33. The van der Waals surface area contributed by atoms with E-state index in [1.54, 1.807) is 0 Å². The van der Waals surface area contributed by atoms with Crippen molar-refractivity contribution in [1.82, 2.24) is 4.72 Å². The Kier molecular flexibility index (Phi) is 6.60. The standard InChI is InChI=1S/C19H25NO4S2/c1-15(2)17(12-16-8-5-4-6-9-16)14-20-26(23,24)19-11-7-10-18(13-19)25(3,21)22/h4-11,13,15,17,20H,12,14H2,1-3H3/t17-/m1/s1. The third-order valence-electron chi connectivity index (χ3n) is 4.36. The van der Waals surface area contributed by atoms with Gasteiger partial charge in [0, 0.05) is 12.8 Å². The highest BCUT2D eigenvalue weighted by molar-refractivity contribution is 7.91. The fraction of sp³-hybridized carbons (Fsp3) is 0.368. The van der Waals surface area contributed by atoms with Gasteiger partial charge in [-0.3, -0.25) is 0 Å². The molecule has 1 N–H and O–H groups in total. The van der Waals surface area contributed by atoms with Crippen molar-refractivity contribution in [3.05, 3.63) is 60.2 Å². The number of benzene rings is 2. The van der Waals surface area contributed by atoms with Gasteiger partial charge in [-0.25, -0.2) is 21.6 Å². The fourth-order valence-electron chi connectivity index (χ4n) is 2.63. The van der Waals surface area contributed by atoms with Gasteiger partial charge in [0.05, 0.1) is 9.79 Å². The predicted molar refractivity (Wildman–Crippen MR) is 103 cm³/mol. The van der Waals surface area contributed by atoms with Crippen LogP contribution in [0.15, 0.2) is 64.4 Å². The van der Waals surface area contributed by atoms with Gasteiger partial charge in [-0.1, -0.05) is 50.2 Å². The number of hydrogen-bond acceptors (Lipinski definition) is 4. The zero-order chi connectivity index (χ0) is 19.4. The van der Waals surface area contributed by atoms with Gasteiger partial charge in [-0.05, 0) is 42.0 Å². The highest BCUT2D eigenvalue weighted by atomic mass is 32.2. The molecule has 0 heterocycles. The Morgan fingerprint density at radius 2 is 1.50 bits per heavy atom. The molecule has 0 radical (unpaired) electrons. The van der Waals surface area contributed by atoms with Crippen molar-refractivity contribution in [3.63, 3.8) is 0 Å². The minimum absolute atomic E-state index is 0.00919. The minimum Gasteiger partial charge on any atom is -0.224 e. The van der Waals surface area contributed by atoms with Gasteiger partial charge < -0.3 is 0 Å². The smallest absolute Gasteiger partial charge is 0.224 e. The molecule has 26 heavy (non-hydrogen) atoms. The van der Waals surface area contributed by atoms with Crippen LogP contribution in [0.5, 0.6) is 0 Å². The lowest BCUT2D eigenvalue weighted by Gasteiger charge is -2.21. The summed E-state index contributed by atoms with van der Waals surface area (Å²) in [6.45, 7) is 4.41. The van der Waals surface area contributed by atoms with Gasteiger partial charge in [0.15, 0.2) is 9.84 Å². The van der Waals surface area contributed by atoms with Crippen molar-refractivity contribution in [2.75, 3.05) is 12.8 Å². The first kappa shape index (κ1) is 20.6. The van der Waals surface area contributed by atoms with Gasteiger partial charge in [0.1, 0.15) is 0 Å². The van der Waals surface area contributed by atoms with E-state index in [0.717, 1.165) is 18.2 Å². The average Bonchev–Trinajstić information content (AvgIpc) is 2.58. The molecule has 0 bridgehead atoms. The van der Waals surface area contributed by atoms with Crippen LogP contribution in [0.3, 0.4) is 0 Å². The molecule has 0 amide bonds. The van der Waals surface area contributed by atoms with E-state index >= 15 is 0 Å². The molecule has 0 aromatic heterocycles. The molecule has 0 aliphatic carbocycles. The lowest BCUT2D eigenvalue weighted by atomic mass is 9.89. The average molecular weight is 396 g/mol. The fourth-order valence-corrected chi connectivity index (χ4v) is 4.51. The Hall–Kier alpha value is -1.70. The van der Waals surface area contributed by atoms with Crippen LogP contribution in [0.2, 0.25) is 0 Å². The van der Waals surface area contributed by atoms with Crippen LogP contribution in [0, 0.1) is 11.8 Å². The summed E-state index contributed by atoms with van der Waals surface area (Å²) in [4.78, 5) is -0.0484. The van der Waals surface area contributed by atoms with Crippen LogP contribution in [0.25, 0.3) is 0 Å². The Morgan fingerprint density at radius 1 is 0.885 bits per heavy atom. The summed E-state index contributed by atoms with van der Waals surface area (Å²) >= 11 is 0. The summed E-state index contributed by atoms with van der Waals surface area (Å²) in [6.07, 6.45) is 1.82. The van der Waals surface area contributed by atoms with Crippen LogP contribution < -0.4 is 4.72 Å². The number of rotatable bonds is 8. The van der Waals surface area contributed by atoms with E-state index in [2.05, 4.69) is 18.6 Å². The molecular formula is C19H25NO4S2. The van der Waals surface area contributed by atoms with Crippen molar-refractivity contribution in [3.8, 4) is 0 Å². The summed E-state index contributed by atoms with van der Waals surface area (Å²) in [5, 5.41) is 0. The minimum atomic E-state index is -3.78. The van der Waals surface area contributed by atoms with Crippen molar-refractivity contribution in [1.29, 1.82) is 0 Å². The maximum Gasteiger partial charge on any atom is 0.240 e. The summed E-state index contributed by atoms with van der Waals surface area (Å²) in [5.74, 6) is 0.422. The van der Waals surface area contributed by atoms with Gasteiger partial charge >= 0.3 is 0 Å². The molecule has 7 heteroatoms. The normalized spacial score (nSPS) is 13.7. The zero-order valence-corrected chi connectivity index (χ0v) is 16.8. The molecule has 2 rings (SSSR count). The number of nitrogens with one attached hydrogen (secondary N) is 1. The molecule has 0 saturated carbocycles. The monoisotopic (exact) mass is 395 g/mol. The largest absolute Gasteiger partial charge is 0.240 e. The summed E-state index contributed by atoms with van der Waals surface area (Å²) in [6, 6.07) is 15.4. The van der Waals surface area contributed by atoms with Crippen molar-refractivity contribution in [2.45, 2.75) is 30.1 Å². The second-order valence-electron chi connectivity index (χ2n) is 6.79. The summed E-state index contributed by atoms with van der Waals surface area (Å²) < 4.78 is 51.1. The number of sulfone groups is 1. The number of hydrogen-bond donors (Lipinski definition) is 1. The van der Waals surface area contributed by atoms with Crippen molar-refractivity contribution in [2.24, 2.45) is 11.8 Å². The van der Waals surface area contributed by atoms with Crippen molar-refractivity contribution < 1.29 is 16.8 Å². The van der Waals surface area contributed by atoms with Crippen LogP contribution in [0.1, 0.15) is 19.4 Å². The molecule has 2 aromatic rings. The molecule has 0 fully saturated rings. The zero-order valence-electron chi connectivity index (χ0n) is 15.2. The lowest BCUT2D eigenvalue weighted by Crippen LogP contribution is -2.32. The Morgan fingerprint density at radius 3 is 2.08 bits per heavy atom. The molecule has 2 aromatic carbocycles. The summed E-state index contributed by atoms with van der Waals surface area (Å²) in [7, 11) is -7.24. The molecule has 5 nitrogen and oxygen atoms in total. The van der Waals surface area contributed by atoms with Crippen LogP contribution >= 0.6 is 0 Å². The Labute approximate surface area is 156 Å². The van der Waals surface area contributed by atoms with Gasteiger partial charge in [-0.15, -0.1) is 0 Å². The molecular weight excluding hydrogens is 370 g/mol. The van der Waals surface area contributed by atoms with Gasteiger partial charge in [-0.2, -0.15) is 0 Å². The topological polar surface area (TPSA) is 80.3 Å². The Balaban J connectivity index is 2.15. The second-order valence-corrected chi connectivity index (χ2v) is 10.6. The van der Waals surface area contributed by atoms with E-state index in [4.69, 9.17) is 0 Å². The maximum atomic E-state index is 12.6. The SMILES string of the molecule is CC(C)[C@@H](CNS(=O)(=O)c1cccc(S(C)(=O)=O)c1)Cc1ccccc1. The molecule has 0 spiro atoms. The van der Waals surface area contributed by atoms with E-state index < -0.39 is 19.9 Å². The van der Waals surface area contributed by atoms with E-state index in [-0.39, 0.29) is 22.3 Å². The first-order valence-electron chi connectivity index (χ1n) is 8.43. The van der Waals surface area contributed by atoms with E-state index in [1.165, 1.54) is 24.3 Å². The predicted octanol–water partition coefficient (Wildman–Crippen LogP) is 2.88. The summed E-state index contributed by atoms with van der Waals surface area (Å²) in [5.41, 5.74) is 1.16. The maximum absolute atomic E-state index is 12.6. The number of sulfonamides is 1. The van der Waals surface area contributed by atoms with Gasteiger partial charge in [0.25, 0.3) is 0 Å². The first-order valence-corrected chi connectivity index (χ1v) is 11.8. The molecule has 142 valence electrons. The van der Waals surface area contributed by atoms with Crippen LogP contribution in [-0.2, 0) is 26.3 Å². The van der Waals surface area contributed by atoms with E-state index in [9.17, 15) is 16.8 Å². The Bertz CT molecular complexity index is 937. The molecule has 1 atom stereocenters. The van der Waals surface area contributed by atoms with E-state index in [0.29, 0.717) is 5.92 Å². The van der Waals surface area contributed by atoms with Crippen LogP contribution in [-0.4, -0.2) is 29.6 Å².